The van der Waals surface area contributed by atoms with Gasteiger partial charge in [0.25, 0.3) is 5.91 Å². The average Bonchev–Trinajstić information content (AvgIpc) is 3.00. The van der Waals surface area contributed by atoms with Crippen LogP contribution >= 0.6 is 11.6 Å². The Labute approximate surface area is 142 Å². The predicted octanol–water partition coefficient (Wildman–Crippen LogP) is 4.49. The highest BCUT2D eigenvalue weighted by molar-refractivity contribution is 6.30. The number of rotatable bonds is 8. The fourth-order valence-electron chi connectivity index (χ4n) is 2.44. The number of amides is 1. The molecule has 1 aliphatic carbocycles. The Morgan fingerprint density at radius 3 is 2.83 bits per heavy atom. The Hall–Kier alpha value is -1.81. The van der Waals surface area contributed by atoms with Gasteiger partial charge in [-0.2, -0.15) is 5.10 Å². The van der Waals surface area contributed by atoms with E-state index in [1.807, 2.05) is 0 Å². The van der Waals surface area contributed by atoms with Crippen molar-refractivity contribution in [3.05, 3.63) is 40.9 Å². The molecule has 1 aromatic carbocycles. The lowest BCUT2D eigenvalue weighted by atomic mass is 10.1. The first-order valence-corrected chi connectivity index (χ1v) is 8.50. The second kappa shape index (κ2) is 9.36. The van der Waals surface area contributed by atoms with E-state index in [1.165, 1.54) is 24.8 Å². The fourth-order valence-corrected chi connectivity index (χ4v) is 2.57. The van der Waals surface area contributed by atoms with Gasteiger partial charge in [-0.25, -0.2) is 5.43 Å². The molecule has 0 unspecified atom stereocenters. The molecule has 0 heterocycles. The molecule has 0 aromatic heterocycles. The van der Waals surface area contributed by atoms with Gasteiger partial charge >= 0.3 is 0 Å². The number of benzene rings is 1. The van der Waals surface area contributed by atoms with Crippen LogP contribution < -0.4 is 10.2 Å². The van der Waals surface area contributed by atoms with E-state index in [2.05, 4.69) is 23.5 Å². The van der Waals surface area contributed by atoms with Gasteiger partial charge in [-0.15, -0.1) is 0 Å². The van der Waals surface area contributed by atoms with Crippen LogP contribution in [0.15, 0.2) is 41.0 Å². The van der Waals surface area contributed by atoms with Crippen molar-refractivity contribution in [3.8, 4) is 5.75 Å². The summed E-state index contributed by atoms with van der Waals surface area (Å²) in [5.41, 5.74) is 4.86. The van der Waals surface area contributed by atoms with E-state index in [0.29, 0.717) is 10.8 Å². The Morgan fingerprint density at radius 1 is 1.30 bits per heavy atom. The van der Waals surface area contributed by atoms with Crippen molar-refractivity contribution in [1.82, 2.24) is 5.43 Å². The van der Waals surface area contributed by atoms with Crippen molar-refractivity contribution in [3.63, 3.8) is 0 Å². The average molecular weight is 335 g/mol. The normalized spacial score (nSPS) is 15.6. The monoisotopic (exact) mass is 334 g/mol. The molecule has 1 aromatic rings. The fraction of sp³-hybridized carbons (Fsp3) is 0.444. The van der Waals surface area contributed by atoms with Crippen molar-refractivity contribution >= 4 is 23.2 Å². The standard InChI is InChI=1S/C18H23ClN2O2/c1-2-3-4-6-14-7-5-8-17(14)20-21-18(22)13-23-16-11-9-15(19)10-12-16/h7,9-12H,2-6,8,13H2,1H3,(H,21,22)/b20-17-. The van der Waals surface area contributed by atoms with E-state index < -0.39 is 0 Å². The van der Waals surface area contributed by atoms with Crippen LogP contribution in [-0.2, 0) is 4.79 Å². The molecule has 0 atom stereocenters. The zero-order valence-corrected chi connectivity index (χ0v) is 14.2. The van der Waals surface area contributed by atoms with Crippen LogP contribution in [-0.4, -0.2) is 18.2 Å². The number of carbonyl (C=O) groups is 1. The highest BCUT2D eigenvalue weighted by Crippen LogP contribution is 2.21. The number of carbonyl (C=O) groups excluding carboxylic acids is 1. The first kappa shape index (κ1) is 17.5. The Bertz CT molecular complexity index is 579. The number of nitrogens with one attached hydrogen (secondary N) is 1. The Morgan fingerprint density at radius 2 is 2.09 bits per heavy atom. The molecule has 23 heavy (non-hydrogen) atoms. The molecule has 4 nitrogen and oxygen atoms in total. The molecule has 1 aliphatic rings. The summed E-state index contributed by atoms with van der Waals surface area (Å²) >= 11 is 5.80. The van der Waals surface area contributed by atoms with Crippen LogP contribution in [0.1, 0.15) is 45.4 Å². The lowest BCUT2D eigenvalue weighted by molar-refractivity contribution is -0.123. The SMILES string of the molecule is CCCCCC1=CCC/C1=N/NC(=O)COc1ccc(Cl)cc1. The van der Waals surface area contributed by atoms with Gasteiger partial charge in [0.05, 0.1) is 5.71 Å². The number of ether oxygens (including phenoxy) is 1. The maximum absolute atomic E-state index is 11.8. The summed E-state index contributed by atoms with van der Waals surface area (Å²) < 4.78 is 5.39. The van der Waals surface area contributed by atoms with Crippen LogP contribution in [0.5, 0.6) is 5.75 Å². The number of nitrogens with zero attached hydrogens (tertiary/aromatic N) is 1. The molecule has 124 valence electrons. The molecule has 0 radical (unpaired) electrons. The van der Waals surface area contributed by atoms with E-state index in [-0.39, 0.29) is 12.5 Å². The largest absolute Gasteiger partial charge is 0.484 e. The number of unbranched alkanes of at least 4 members (excludes halogenated alkanes) is 2. The van der Waals surface area contributed by atoms with Crippen molar-refractivity contribution < 1.29 is 9.53 Å². The lowest BCUT2D eigenvalue weighted by Crippen LogP contribution is -2.25. The minimum atomic E-state index is -0.257. The summed E-state index contributed by atoms with van der Waals surface area (Å²) in [5.74, 6) is 0.352. The van der Waals surface area contributed by atoms with Crippen LogP contribution in [0.25, 0.3) is 0 Å². The van der Waals surface area contributed by atoms with Crippen LogP contribution in [0.2, 0.25) is 5.02 Å². The van der Waals surface area contributed by atoms with Gasteiger partial charge in [-0.1, -0.05) is 37.4 Å². The molecule has 0 aliphatic heterocycles. The number of hydrazone groups is 1. The first-order valence-electron chi connectivity index (χ1n) is 8.12. The van der Waals surface area contributed by atoms with E-state index in [1.54, 1.807) is 24.3 Å². The number of allylic oxidation sites excluding steroid dienone is 2. The van der Waals surface area contributed by atoms with Gasteiger partial charge in [0.1, 0.15) is 5.75 Å². The maximum Gasteiger partial charge on any atom is 0.277 e. The van der Waals surface area contributed by atoms with Gasteiger partial charge in [-0.05, 0) is 55.5 Å². The summed E-state index contributed by atoms with van der Waals surface area (Å²) in [6.45, 7) is 2.13. The maximum atomic E-state index is 11.8. The number of hydrogen-bond donors (Lipinski definition) is 1. The Kier molecular flexibility index (Phi) is 7.14. The molecular weight excluding hydrogens is 312 g/mol. The second-order valence-electron chi connectivity index (χ2n) is 5.56. The molecule has 0 saturated heterocycles. The molecule has 0 fully saturated rings. The Balaban J connectivity index is 1.76. The lowest BCUT2D eigenvalue weighted by Gasteiger charge is -2.07. The summed E-state index contributed by atoms with van der Waals surface area (Å²) in [6.07, 6.45) is 8.80. The number of hydrogen-bond acceptors (Lipinski definition) is 3. The van der Waals surface area contributed by atoms with Gasteiger partial charge in [0, 0.05) is 5.02 Å². The van der Waals surface area contributed by atoms with Crippen molar-refractivity contribution in [2.75, 3.05) is 6.61 Å². The topological polar surface area (TPSA) is 50.7 Å². The zero-order chi connectivity index (χ0) is 16.5. The van der Waals surface area contributed by atoms with E-state index in [0.717, 1.165) is 25.0 Å². The van der Waals surface area contributed by atoms with Gasteiger partial charge in [0.15, 0.2) is 6.61 Å². The minimum Gasteiger partial charge on any atom is -0.484 e. The van der Waals surface area contributed by atoms with Crippen LogP contribution in [0.3, 0.4) is 0 Å². The van der Waals surface area contributed by atoms with Crippen LogP contribution in [0.4, 0.5) is 0 Å². The molecule has 0 saturated carbocycles. The second-order valence-corrected chi connectivity index (χ2v) is 6.00. The summed E-state index contributed by atoms with van der Waals surface area (Å²) in [7, 11) is 0. The van der Waals surface area contributed by atoms with Crippen molar-refractivity contribution in [1.29, 1.82) is 0 Å². The third-order valence-corrected chi connectivity index (χ3v) is 3.94. The molecular formula is C18H23ClN2O2. The molecule has 2 rings (SSSR count). The highest BCUT2D eigenvalue weighted by atomic mass is 35.5. The quantitative estimate of drug-likeness (QED) is 0.562. The minimum absolute atomic E-state index is 0.0622. The smallest absolute Gasteiger partial charge is 0.277 e. The molecule has 1 N–H and O–H groups in total. The predicted molar refractivity (Wildman–Crippen MR) is 94.0 cm³/mol. The number of halogens is 1. The van der Waals surface area contributed by atoms with Crippen molar-refractivity contribution in [2.24, 2.45) is 5.10 Å². The van der Waals surface area contributed by atoms with Gasteiger partial charge in [0.2, 0.25) is 0 Å². The zero-order valence-electron chi connectivity index (χ0n) is 13.5. The molecule has 1 amide bonds. The van der Waals surface area contributed by atoms with E-state index in [4.69, 9.17) is 16.3 Å². The first-order chi connectivity index (χ1) is 11.2. The summed E-state index contributed by atoms with van der Waals surface area (Å²) in [5, 5.41) is 4.89. The van der Waals surface area contributed by atoms with Gasteiger partial charge < -0.3 is 4.74 Å². The van der Waals surface area contributed by atoms with Gasteiger partial charge in [-0.3, -0.25) is 4.79 Å². The third kappa shape index (κ3) is 6.06. The van der Waals surface area contributed by atoms with E-state index in [9.17, 15) is 4.79 Å². The third-order valence-electron chi connectivity index (χ3n) is 3.69. The molecule has 0 spiro atoms. The van der Waals surface area contributed by atoms with Crippen LogP contribution in [0, 0.1) is 0 Å². The summed E-state index contributed by atoms with van der Waals surface area (Å²) in [6, 6.07) is 6.90. The molecule has 0 bridgehead atoms. The summed E-state index contributed by atoms with van der Waals surface area (Å²) in [4.78, 5) is 11.8. The van der Waals surface area contributed by atoms with E-state index >= 15 is 0 Å². The highest BCUT2D eigenvalue weighted by Gasteiger charge is 2.13. The van der Waals surface area contributed by atoms with Crippen molar-refractivity contribution in [2.45, 2.75) is 45.4 Å². The molecule has 5 heteroatoms.